The average molecular weight is 335 g/mol. The Morgan fingerprint density at radius 1 is 1.21 bits per heavy atom. The molecule has 5 nitrogen and oxygen atoms in total. The van der Waals surface area contributed by atoms with Crippen LogP contribution in [0.5, 0.6) is 0 Å². The van der Waals surface area contributed by atoms with Gasteiger partial charge in [0.25, 0.3) is 5.91 Å². The number of halogens is 1. The van der Waals surface area contributed by atoms with E-state index in [1.165, 1.54) is 24.3 Å². The average Bonchev–Trinajstić information content (AvgIpc) is 2.58. The molecule has 0 bridgehead atoms. The quantitative estimate of drug-likeness (QED) is 0.806. The van der Waals surface area contributed by atoms with Gasteiger partial charge in [0.05, 0.1) is 0 Å². The number of nitrogens with one attached hydrogen (secondary N) is 1. The molecular weight excluding hydrogens is 309 g/mol. The third-order valence-electron chi connectivity index (χ3n) is 4.33. The van der Waals surface area contributed by atoms with E-state index in [1.807, 2.05) is 14.1 Å². The first kappa shape index (κ1) is 18.4. The maximum absolute atomic E-state index is 12.9. The Labute approximate surface area is 142 Å². The molecule has 1 aromatic carbocycles. The summed E-state index contributed by atoms with van der Waals surface area (Å²) in [6.45, 7) is 2.76. The number of rotatable bonds is 6. The van der Waals surface area contributed by atoms with E-state index < -0.39 is 0 Å². The van der Waals surface area contributed by atoms with Crippen LogP contribution in [0.2, 0.25) is 0 Å². The summed E-state index contributed by atoms with van der Waals surface area (Å²) in [5.41, 5.74) is 0.489. The van der Waals surface area contributed by atoms with Crippen LogP contribution >= 0.6 is 0 Å². The molecule has 0 aliphatic carbocycles. The van der Waals surface area contributed by atoms with Crippen molar-refractivity contribution in [3.05, 3.63) is 35.6 Å². The molecule has 0 spiro atoms. The fraction of sp³-hybridized carbons (Fsp3) is 0.556. The van der Waals surface area contributed by atoms with Gasteiger partial charge in [-0.05, 0) is 64.2 Å². The van der Waals surface area contributed by atoms with Crippen LogP contribution in [-0.4, -0.2) is 61.9 Å². The van der Waals surface area contributed by atoms with E-state index in [0.29, 0.717) is 38.0 Å². The number of nitrogens with zero attached hydrogens (tertiary/aromatic N) is 2. The zero-order valence-corrected chi connectivity index (χ0v) is 14.4. The zero-order chi connectivity index (χ0) is 17.5. The smallest absolute Gasteiger partial charge is 0.253 e. The maximum Gasteiger partial charge on any atom is 0.253 e. The third kappa shape index (κ3) is 5.30. The maximum atomic E-state index is 12.9. The first-order chi connectivity index (χ1) is 11.5. The van der Waals surface area contributed by atoms with Crippen LogP contribution in [0.25, 0.3) is 0 Å². The molecule has 2 amide bonds. The topological polar surface area (TPSA) is 52.7 Å². The molecule has 132 valence electrons. The molecule has 0 atom stereocenters. The summed E-state index contributed by atoms with van der Waals surface area (Å²) in [4.78, 5) is 28.3. The minimum absolute atomic E-state index is 0.0263. The Morgan fingerprint density at radius 3 is 2.42 bits per heavy atom. The summed E-state index contributed by atoms with van der Waals surface area (Å²) in [6.07, 6.45) is 2.28. The highest BCUT2D eigenvalue weighted by atomic mass is 19.1. The lowest BCUT2D eigenvalue weighted by Gasteiger charge is -2.31. The van der Waals surface area contributed by atoms with Crippen LogP contribution in [0, 0.1) is 11.7 Å². The van der Waals surface area contributed by atoms with E-state index in [0.717, 1.165) is 13.0 Å². The summed E-state index contributed by atoms with van der Waals surface area (Å²) < 4.78 is 12.9. The molecule has 0 radical (unpaired) electrons. The van der Waals surface area contributed by atoms with Crippen molar-refractivity contribution in [3.8, 4) is 0 Å². The summed E-state index contributed by atoms with van der Waals surface area (Å²) in [6, 6.07) is 5.59. The van der Waals surface area contributed by atoms with Gasteiger partial charge in [-0.3, -0.25) is 9.59 Å². The monoisotopic (exact) mass is 335 g/mol. The largest absolute Gasteiger partial charge is 0.356 e. The van der Waals surface area contributed by atoms with E-state index in [4.69, 9.17) is 0 Å². The van der Waals surface area contributed by atoms with Gasteiger partial charge in [-0.15, -0.1) is 0 Å². The molecule has 0 aromatic heterocycles. The molecule has 1 heterocycles. The number of amides is 2. The second-order valence-corrected chi connectivity index (χ2v) is 6.52. The van der Waals surface area contributed by atoms with Crippen molar-refractivity contribution in [1.29, 1.82) is 0 Å². The van der Waals surface area contributed by atoms with Crippen molar-refractivity contribution in [2.24, 2.45) is 5.92 Å². The fourth-order valence-corrected chi connectivity index (χ4v) is 2.87. The molecule has 24 heavy (non-hydrogen) atoms. The van der Waals surface area contributed by atoms with Crippen molar-refractivity contribution in [3.63, 3.8) is 0 Å². The lowest BCUT2D eigenvalue weighted by atomic mass is 9.95. The standard InChI is InChI=1S/C18H26FN3O2/c1-21(2)11-3-10-20-17(23)14-8-12-22(13-9-14)18(24)15-4-6-16(19)7-5-15/h4-7,14H,3,8-13H2,1-2H3,(H,20,23). The predicted molar refractivity (Wildman–Crippen MR) is 91.2 cm³/mol. The van der Waals surface area contributed by atoms with Crippen LogP contribution < -0.4 is 5.32 Å². The number of hydrogen-bond acceptors (Lipinski definition) is 3. The molecule has 0 unspecified atom stereocenters. The van der Waals surface area contributed by atoms with Gasteiger partial charge in [-0.1, -0.05) is 0 Å². The summed E-state index contributed by atoms with van der Waals surface area (Å²) in [7, 11) is 4.02. The van der Waals surface area contributed by atoms with Gasteiger partial charge in [0.2, 0.25) is 5.91 Å². The lowest BCUT2D eigenvalue weighted by molar-refractivity contribution is -0.126. The van der Waals surface area contributed by atoms with Crippen LogP contribution in [-0.2, 0) is 4.79 Å². The molecular formula is C18H26FN3O2. The molecule has 1 N–H and O–H groups in total. The van der Waals surface area contributed by atoms with Crippen molar-refractivity contribution in [2.75, 3.05) is 40.3 Å². The first-order valence-electron chi connectivity index (χ1n) is 8.44. The summed E-state index contributed by atoms with van der Waals surface area (Å²) >= 11 is 0. The van der Waals surface area contributed by atoms with Gasteiger partial charge in [-0.2, -0.15) is 0 Å². The fourth-order valence-electron chi connectivity index (χ4n) is 2.87. The molecule has 1 aliphatic rings. The number of benzene rings is 1. The molecule has 2 rings (SSSR count). The van der Waals surface area contributed by atoms with Crippen molar-refractivity contribution in [1.82, 2.24) is 15.1 Å². The zero-order valence-electron chi connectivity index (χ0n) is 14.4. The Morgan fingerprint density at radius 2 is 1.83 bits per heavy atom. The minimum atomic E-state index is -0.351. The van der Waals surface area contributed by atoms with Crippen molar-refractivity contribution < 1.29 is 14.0 Å². The number of hydrogen-bond donors (Lipinski definition) is 1. The number of carbonyl (C=O) groups is 2. The number of likely N-dealkylation sites (tertiary alicyclic amines) is 1. The first-order valence-corrected chi connectivity index (χ1v) is 8.44. The summed E-state index contributed by atoms with van der Waals surface area (Å²) in [5, 5.41) is 2.98. The third-order valence-corrected chi connectivity index (χ3v) is 4.33. The predicted octanol–water partition coefficient (Wildman–Crippen LogP) is 1.75. The van der Waals surface area contributed by atoms with Crippen LogP contribution in [0.15, 0.2) is 24.3 Å². The Kier molecular flexibility index (Phi) is 6.73. The van der Waals surface area contributed by atoms with Crippen molar-refractivity contribution in [2.45, 2.75) is 19.3 Å². The van der Waals surface area contributed by atoms with E-state index in [-0.39, 0.29) is 23.5 Å². The van der Waals surface area contributed by atoms with E-state index >= 15 is 0 Å². The molecule has 1 fully saturated rings. The van der Waals surface area contributed by atoms with Crippen molar-refractivity contribution >= 4 is 11.8 Å². The molecule has 1 aromatic rings. The number of carbonyl (C=O) groups excluding carboxylic acids is 2. The van der Waals surface area contributed by atoms with E-state index in [2.05, 4.69) is 10.2 Å². The summed E-state index contributed by atoms with van der Waals surface area (Å²) in [5.74, 6) is -0.389. The van der Waals surface area contributed by atoms with Gasteiger partial charge in [-0.25, -0.2) is 4.39 Å². The van der Waals surface area contributed by atoms with Gasteiger partial charge >= 0.3 is 0 Å². The Hall–Kier alpha value is -1.95. The van der Waals surface area contributed by atoms with E-state index in [1.54, 1.807) is 4.90 Å². The SMILES string of the molecule is CN(C)CCCNC(=O)C1CCN(C(=O)c2ccc(F)cc2)CC1. The highest BCUT2D eigenvalue weighted by Gasteiger charge is 2.27. The van der Waals surface area contributed by atoms with Gasteiger partial charge in [0.15, 0.2) is 0 Å². The highest BCUT2D eigenvalue weighted by molar-refractivity contribution is 5.94. The van der Waals surface area contributed by atoms with Crippen LogP contribution in [0.3, 0.4) is 0 Å². The molecule has 0 saturated carbocycles. The van der Waals surface area contributed by atoms with Gasteiger partial charge < -0.3 is 15.1 Å². The second kappa shape index (κ2) is 8.78. The second-order valence-electron chi connectivity index (χ2n) is 6.52. The number of piperidine rings is 1. The molecule has 6 heteroatoms. The van der Waals surface area contributed by atoms with Crippen LogP contribution in [0.1, 0.15) is 29.6 Å². The van der Waals surface area contributed by atoms with Gasteiger partial charge in [0.1, 0.15) is 5.82 Å². The highest BCUT2D eigenvalue weighted by Crippen LogP contribution is 2.19. The Balaban J connectivity index is 1.75. The van der Waals surface area contributed by atoms with Crippen LogP contribution in [0.4, 0.5) is 4.39 Å². The normalized spacial score (nSPS) is 15.6. The molecule has 1 aliphatic heterocycles. The van der Waals surface area contributed by atoms with Gasteiger partial charge in [0, 0.05) is 31.1 Å². The van der Waals surface area contributed by atoms with E-state index in [9.17, 15) is 14.0 Å². The minimum Gasteiger partial charge on any atom is -0.356 e. The lowest BCUT2D eigenvalue weighted by Crippen LogP contribution is -2.43. The molecule has 1 saturated heterocycles. The Bertz CT molecular complexity index is 552.